The summed E-state index contributed by atoms with van der Waals surface area (Å²) in [5.41, 5.74) is 7.12. The van der Waals surface area contributed by atoms with E-state index in [-0.39, 0.29) is 0 Å². The van der Waals surface area contributed by atoms with Crippen LogP contribution in [0.2, 0.25) is 0 Å². The van der Waals surface area contributed by atoms with E-state index in [0.29, 0.717) is 12.4 Å². The first-order valence-corrected chi connectivity index (χ1v) is 3.82. The zero-order valence-electron chi connectivity index (χ0n) is 6.84. The summed E-state index contributed by atoms with van der Waals surface area (Å²) in [6.45, 7) is 0.408. The molecule has 0 spiro atoms. The Morgan fingerprint density at radius 1 is 1.38 bits per heavy atom. The molecule has 0 amide bonds. The van der Waals surface area contributed by atoms with Gasteiger partial charge in [0.2, 0.25) is 12.2 Å². The second kappa shape index (κ2) is 3.32. The fraction of sp³-hybridized carbons (Fsp3) is 0.125. The molecule has 0 aliphatic heterocycles. The predicted molar refractivity (Wildman–Crippen MR) is 45.4 cm³/mol. The molecule has 0 aromatic carbocycles. The smallest absolute Gasteiger partial charge is 0.214 e. The van der Waals surface area contributed by atoms with Gasteiger partial charge in [-0.3, -0.25) is 4.98 Å². The molecule has 5 nitrogen and oxygen atoms in total. The van der Waals surface area contributed by atoms with E-state index in [1.807, 2.05) is 12.1 Å². The highest BCUT2D eigenvalue weighted by molar-refractivity contribution is 5.53. The van der Waals surface area contributed by atoms with Crippen molar-refractivity contribution in [3.05, 3.63) is 30.4 Å². The van der Waals surface area contributed by atoms with Gasteiger partial charge in [0.25, 0.3) is 0 Å². The molecule has 2 aromatic heterocycles. The molecular formula is C8H8N4O. The summed E-state index contributed by atoms with van der Waals surface area (Å²) in [6.07, 6.45) is 2.96. The van der Waals surface area contributed by atoms with Crippen molar-refractivity contribution >= 4 is 0 Å². The molecule has 0 aliphatic carbocycles. The van der Waals surface area contributed by atoms with Crippen LogP contribution in [0.5, 0.6) is 0 Å². The second-order valence-corrected chi connectivity index (χ2v) is 2.49. The van der Waals surface area contributed by atoms with Crippen LogP contribution in [0.4, 0.5) is 0 Å². The first kappa shape index (κ1) is 7.88. The third kappa shape index (κ3) is 1.54. The van der Waals surface area contributed by atoms with Gasteiger partial charge in [0.1, 0.15) is 0 Å². The summed E-state index contributed by atoms with van der Waals surface area (Å²) >= 11 is 0. The fourth-order valence-corrected chi connectivity index (χ4v) is 1.03. The van der Waals surface area contributed by atoms with E-state index in [1.54, 1.807) is 6.20 Å². The number of pyridine rings is 1. The molecule has 5 heteroatoms. The lowest BCUT2D eigenvalue weighted by Crippen LogP contribution is -1.99. The normalized spacial score (nSPS) is 10.2. The van der Waals surface area contributed by atoms with E-state index in [4.69, 9.17) is 5.73 Å². The molecule has 2 N–H and O–H groups in total. The first-order valence-electron chi connectivity index (χ1n) is 3.82. The second-order valence-electron chi connectivity index (χ2n) is 2.49. The van der Waals surface area contributed by atoms with E-state index < -0.39 is 0 Å². The summed E-state index contributed by atoms with van der Waals surface area (Å²) in [5.74, 6) is 0.553. The molecule has 2 heterocycles. The van der Waals surface area contributed by atoms with Crippen molar-refractivity contribution in [3.8, 4) is 11.4 Å². The molecule has 0 atom stereocenters. The fourth-order valence-electron chi connectivity index (χ4n) is 1.03. The lowest BCUT2D eigenvalue weighted by molar-refractivity contribution is 0.418. The van der Waals surface area contributed by atoms with Gasteiger partial charge in [0.05, 0.1) is 5.69 Å². The van der Waals surface area contributed by atoms with Crippen LogP contribution < -0.4 is 5.73 Å². The lowest BCUT2D eigenvalue weighted by atomic mass is 10.2. The Bertz CT molecular complexity index is 385. The minimum absolute atomic E-state index is 0.408. The molecule has 0 bridgehead atoms. The first-order chi connectivity index (χ1) is 6.40. The van der Waals surface area contributed by atoms with E-state index in [0.717, 1.165) is 11.3 Å². The SMILES string of the molecule is NCc1cc(-c2ncon2)ccn1. The van der Waals surface area contributed by atoms with E-state index in [1.165, 1.54) is 6.39 Å². The average Bonchev–Trinajstić information content (AvgIpc) is 2.71. The molecule has 0 saturated carbocycles. The molecule has 66 valence electrons. The highest BCUT2D eigenvalue weighted by Gasteiger charge is 2.02. The standard InChI is InChI=1S/C8H8N4O/c9-4-7-3-6(1-2-10-7)8-11-5-13-12-8/h1-3,5H,4,9H2. The Labute approximate surface area is 74.6 Å². The van der Waals surface area contributed by atoms with Gasteiger partial charge in [0, 0.05) is 18.3 Å². The quantitative estimate of drug-likeness (QED) is 0.724. The van der Waals surface area contributed by atoms with Crippen molar-refractivity contribution in [1.29, 1.82) is 0 Å². The van der Waals surface area contributed by atoms with Gasteiger partial charge in [-0.05, 0) is 12.1 Å². The highest BCUT2D eigenvalue weighted by Crippen LogP contribution is 2.13. The van der Waals surface area contributed by atoms with Crippen LogP contribution in [0.15, 0.2) is 29.2 Å². The molecule has 2 rings (SSSR count). The minimum atomic E-state index is 0.408. The molecule has 0 fully saturated rings. The summed E-state index contributed by atoms with van der Waals surface area (Å²) in [6, 6.07) is 3.65. The third-order valence-corrected chi connectivity index (χ3v) is 1.65. The van der Waals surface area contributed by atoms with Gasteiger partial charge < -0.3 is 10.3 Å². The zero-order chi connectivity index (χ0) is 9.10. The van der Waals surface area contributed by atoms with Crippen LogP contribution in [0.25, 0.3) is 11.4 Å². The highest BCUT2D eigenvalue weighted by atomic mass is 16.5. The topological polar surface area (TPSA) is 77.8 Å². The van der Waals surface area contributed by atoms with E-state index >= 15 is 0 Å². The van der Waals surface area contributed by atoms with E-state index in [9.17, 15) is 0 Å². The Morgan fingerprint density at radius 2 is 2.31 bits per heavy atom. The summed E-state index contributed by atoms with van der Waals surface area (Å²) < 4.78 is 4.63. The Morgan fingerprint density at radius 3 is 3.00 bits per heavy atom. The molecule has 0 saturated heterocycles. The van der Waals surface area contributed by atoms with Gasteiger partial charge in [0.15, 0.2) is 0 Å². The van der Waals surface area contributed by atoms with Crippen molar-refractivity contribution < 1.29 is 4.52 Å². The Balaban J connectivity index is 2.41. The number of nitrogens with zero attached hydrogens (tertiary/aromatic N) is 3. The van der Waals surface area contributed by atoms with Crippen LogP contribution in [-0.4, -0.2) is 15.1 Å². The summed E-state index contributed by atoms with van der Waals surface area (Å²) in [4.78, 5) is 7.97. The molecule has 13 heavy (non-hydrogen) atoms. The molecule has 2 aromatic rings. The van der Waals surface area contributed by atoms with Gasteiger partial charge >= 0.3 is 0 Å². The van der Waals surface area contributed by atoms with Crippen LogP contribution in [0.1, 0.15) is 5.69 Å². The largest absolute Gasteiger partial charge is 0.342 e. The number of nitrogens with two attached hydrogens (primary N) is 1. The number of rotatable bonds is 2. The van der Waals surface area contributed by atoms with Crippen molar-refractivity contribution in [1.82, 2.24) is 15.1 Å². The maximum Gasteiger partial charge on any atom is 0.214 e. The van der Waals surface area contributed by atoms with Crippen LogP contribution in [0.3, 0.4) is 0 Å². The van der Waals surface area contributed by atoms with E-state index in [2.05, 4.69) is 19.6 Å². The summed E-state index contributed by atoms with van der Waals surface area (Å²) in [7, 11) is 0. The summed E-state index contributed by atoms with van der Waals surface area (Å²) in [5, 5.41) is 3.71. The maximum atomic E-state index is 5.45. The monoisotopic (exact) mass is 176 g/mol. The zero-order valence-corrected chi connectivity index (χ0v) is 6.84. The van der Waals surface area contributed by atoms with Crippen molar-refractivity contribution in [2.45, 2.75) is 6.54 Å². The molecular weight excluding hydrogens is 168 g/mol. The number of aromatic nitrogens is 3. The maximum absolute atomic E-state index is 5.45. The Kier molecular flexibility index (Phi) is 2.01. The molecule has 0 unspecified atom stereocenters. The van der Waals surface area contributed by atoms with Gasteiger partial charge in [-0.2, -0.15) is 4.98 Å². The van der Waals surface area contributed by atoms with Crippen molar-refractivity contribution in [2.75, 3.05) is 0 Å². The molecule has 0 radical (unpaired) electrons. The van der Waals surface area contributed by atoms with Crippen molar-refractivity contribution in [3.63, 3.8) is 0 Å². The lowest BCUT2D eigenvalue weighted by Gasteiger charge is -1.96. The van der Waals surface area contributed by atoms with Gasteiger partial charge in [-0.15, -0.1) is 0 Å². The third-order valence-electron chi connectivity index (χ3n) is 1.65. The Hall–Kier alpha value is -1.75. The number of hydrogen-bond donors (Lipinski definition) is 1. The van der Waals surface area contributed by atoms with Crippen LogP contribution in [-0.2, 0) is 6.54 Å². The predicted octanol–water partition coefficient (Wildman–Crippen LogP) is 0.590. The van der Waals surface area contributed by atoms with Gasteiger partial charge in [-0.1, -0.05) is 5.16 Å². The van der Waals surface area contributed by atoms with Crippen LogP contribution >= 0.6 is 0 Å². The van der Waals surface area contributed by atoms with Gasteiger partial charge in [-0.25, -0.2) is 0 Å². The van der Waals surface area contributed by atoms with Crippen molar-refractivity contribution in [2.24, 2.45) is 5.73 Å². The average molecular weight is 176 g/mol. The number of hydrogen-bond acceptors (Lipinski definition) is 5. The molecule has 0 aliphatic rings. The minimum Gasteiger partial charge on any atom is -0.342 e. The van der Waals surface area contributed by atoms with Crippen LogP contribution in [0, 0.1) is 0 Å².